The number of carbonyl (C=O) groups excluding carboxylic acids is 1. The van der Waals surface area contributed by atoms with E-state index >= 15 is 0 Å². The molecule has 2 heterocycles. The molecule has 1 saturated carbocycles. The molecule has 4 rings (SSSR count). The monoisotopic (exact) mass is 438 g/mol. The third-order valence-electron chi connectivity index (χ3n) is 5.54. The number of carbonyl (C=O) groups is 1. The van der Waals surface area contributed by atoms with Crippen LogP contribution in [0.15, 0.2) is 48.8 Å². The lowest BCUT2D eigenvalue weighted by molar-refractivity contribution is 0.100. The molecule has 0 spiro atoms. The Labute approximate surface area is 184 Å². The summed E-state index contributed by atoms with van der Waals surface area (Å²) in [6.45, 7) is 0. The van der Waals surface area contributed by atoms with Gasteiger partial charge in [-0.15, -0.1) is 0 Å². The molecule has 7 nitrogen and oxygen atoms in total. The average molecular weight is 438 g/mol. The number of hydrogen-bond donors (Lipinski definition) is 4. The van der Waals surface area contributed by atoms with E-state index in [1.165, 1.54) is 18.3 Å². The Morgan fingerprint density at radius 3 is 2.59 bits per heavy atom. The van der Waals surface area contributed by atoms with Gasteiger partial charge in [0, 0.05) is 23.8 Å². The number of rotatable bonds is 6. The van der Waals surface area contributed by atoms with E-state index < -0.39 is 11.7 Å². The van der Waals surface area contributed by atoms with Gasteiger partial charge in [0.2, 0.25) is 0 Å². The minimum absolute atomic E-state index is 0.00547. The van der Waals surface area contributed by atoms with E-state index in [9.17, 15) is 13.6 Å². The first-order chi connectivity index (χ1) is 15.4. The van der Waals surface area contributed by atoms with E-state index in [1.54, 1.807) is 24.4 Å². The van der Waals surface area contributed by atoms with Crippen LogP contribution in [-0.4, -0.2) is 28.0 Å². The molecule has 6 N–H and O–H groups in total. The highest BCUT2D eigenvalue weighted by Gasteiger charge is 2.24. The smallest absolute Gasteiger partial charge is 0.252 e. The van der Waals surface area contributed by atoms with Gasteiger partial charge < -0.3 is 22.1 Å². The Balaban J connectivity index is 1.65. The number of aromatic nitrogens is 2. The van der Waals surface area contributed by atoms with Crippen LogP contribution < -0.4 is 22.1 Å². The van der Waals surface area contributed by atoms with E-state index in [0.29, 0.717) is 16.8 Å². The number of anilines is 3. The van der Waals surface area contributed by atoms with E-state index in [-0.39, 0.29) is 35.1 Å². The number of pyridine rings is 2. The summed E-state index contributed by atoms with van der Waals surface area (Å²) in [6.07, 6.45) is 6.80. The maximum absolute atomic E-state index is 14.7. The van der Waals surface area contributed by atoms with Crippen molar-refractivity contribution in [2.24, 2.45) is 11.5 Å². The standard InChI is InChI=1S/C23H24F2N6O/c24-15-5-3-4-13(8-15)14-9-16(12-28-11-14)29-22-17(21(27)32)10-18(25)23(31-22)30-20-7-2-1-6-19(20)26/h3-5,8-12,19-20H,1-2,6-7,26H2,(H2,27,32)(H2,29,30,31)/t19-,20+/m0/s1. The van der Waals surface area contributed by atoms with Gasteiger partial charge in [-0.05, 0) is 42.7 Å². The van der Waals surface area contributed by atoms with Crippen LogP contribution in [0.25, 0.3) is 11.1 Å². The Hall–Kier alpha value is -3.59. The molecule has 1 fully saturated rings. The van der Waals surface area contributed by atoms with Crippen molar-refractivity contribution in [1.82, 2.24) is 9.97 Å². The molecule has 0 radical (unpaired) electrons. The summed E-state index contributed by atoms with van der Waals surface area (Å²) in [4.78, 5) is 20.4. The number of nitrogens with two attached hydrogens (primary N) is 2. The molecular formula is C23H24F2N6O. The van der Waals surface area contributed by atoms with E-state index in [4.69, 9.17) is 11.5 Å². The number of hydrogen-bond acceptors (Lipinski definition) is 6. The fourth-order valence-electron chi connectivity index (χ4n) is 3.86. The van der Waals surface area contributed by atoms with Crippen LogP contribution in [0.5, 0.6) is 0 Å². The molecule has 166 valence electrons. The Kier molecular flexibility index (Phi) is 6.27. The van der Waals surface area contributed by atoms with Gasteiger partial charge in [-0.3, -0.25) is 9.78 Å². The van der Waals surface area contributed by atoms with Crippen LogP contribution in [-0.2, 0) is 0 Å². The summed E-state index contributed by atoms with van der Waals surface area (Å²) in [5.41, 5.74) is 13.3. The SMILES string of the molecule is NC(=O)c1cc(F)c(N[C@@H]2CCCC[C@@H]2N)nc1Nc1cncc(-c2cccc(F)c2)c1. The van der Waals surface area contributed by atoms with Gasteiger partial charge in [0.05, 0.1) is 17.4 Å². The average Bonchev–Trinajstić information content (AvgIpc) is 2.77. The number of primary amides is 1. The highest BCUT2D eigenvalue weighted by Crippen LogP contribution is 2.28. The Morgan fingerprint density at radius 1 is 1.03 bits per heavy atom. The number of halogens is 2. The number of nitrogens with zero attached hydrogens (tertiary/aromatic N) is 2. The van der Waals surface area contributed by atoms with Gasteiger partial charge in [-0.1, -0.05) is 25.0 Å². The highest BCUT2D eigenvalue weighted by atomic mass is 19.1. The molecule has 0 saturated heterocycles. The van der Waals surface area contributed by atoms with Crippen molar-refractivity contribution < 1.29 is 13.6 Å². The molecule has 9 heteroatoms. The third-order valence-corrected chi connectivity index (χ3v) is 5.54. The molecule has 0 bridgehead atoms. The molecule has 0 aliphatic heterocycles. The van der Waals surface area contributed by atoms with Gasteiger partial charge in [-0.25, -0.2) is 13.8 Å². The van der Waals surface area contributed by atoms with Gasteiger partial charge in [0.1, 0.15) is 11.6 Å². The maximum atomic E-state index is 14.7. The molecule has 1 aromatic carbocycles. The first-order valence-electron chi connectivity index (χ1n) is 10.4. The normalized spacial score (nSPS) is 18.2. The van der Waals surface area contributed by atoms with Gasteiger partial charge in [-0.2, -0.15) is 0 Å². The van der Waals surface area contributed by atoms with Crippen molar-refractivity contribution in [3.05, 3.63) is 66.0 Å². The molecule has 2 atom stereocenters. The first kappa shape index (κ1) is 21.6. The molecule has 2 aromatic heterocycles. The largest absolute Gasteiger partial charge is 0.365 e. The van der Waals surface area contributed by atoms with Crippen LogP contribution in [0.1, 0.15) is 36.0 Å². The minimum atomic E-state index is -0.825. The topological polar surface area (TPSA) is 119 Å². The summed E-state index contributed by atoms with van der Waals surface area (Å²) < 4.78 is 28.3. The lowest BCUT2D eigenvalue weighted by Crippen LogP contribution is -2.43. The second kappa shape index (κ2) is 9.27. The number of benzene rings is 1. The summed E-state index contributed by atoms with van der Waals surface area (Å²) >= 11 is 0. The first-order valence-corrected chi connectivity index (χ1v) is 10.4. The zero-order valence-electron chi connectivity index (χ0n) is 17.3. The Morgan fingerprint density at radius 2 is 1.84 bits per heavy atom. The predicted molar refractivity (Wildman–Crippen MR) is 119 cm³/mol. The van der Waals surface area contributed by atoms with Crippen molar-refractivity contribution >= 4 is 23.2 Å². The lowest BCUT2D eigenvalue weighted by atomic mass is 9.91. The van der Waals surface area contributed by atoms with E-state index in [0.717, 1.165) is 31.7 Å². The number of nitrogens with one attached hydrogen (secondary N) is 2. The van der Waals surface area contributed by atoms with Crippen LogP contribution in [0.3, 0.4) is 0 Å². The summed E-state index contributed by atoms with van der Waals surface area (Å²) in [7, 11) is 0. The molecule has 0 unspecified atom stereocenters. The second-order valence-corrected chi connectivity index (χ2v) is 7.88. The molecular weight excluding hydrogens is 414 g/mol. The quantitative estimate of drug-likeness (QED) is 0.463. The van der Waals surface area contributed by atoms with Crippen molar-refractivity contribution in [2.45, 2.75) is 37.8 Å². The highest BCUT2D eigenvalue weighted by molar-refractivity contribution is 5.98. The van der Waals surface area contributed by atoms with Gasteiger partial charge in [0.25, 0.3) is 5.91 Å². The van der Waals surface area contributed by atoms with Crippen LogP contribution >= 0.6 is 0 Å². The van der Waals surface area contributed by atoms with Crippen LogP contribution in [0.4, 0.5) is 26.1 Å². The van der Waals surface area contributed by atoms with Gasteiger partial charge in [0.15, 0.2) is 11.6 Å². The summed E-state index contributed by atoms with van der Waals surface area (Å²) in [5, 5.41) is 6.06. The Bertz CT molecular complexity index is 1140. The second-order valence-electron chi connectivity index (χ2n) is 7.88. The molecule has 32 heavy (non-hydrogen) atoms. The van der Waals surface area contributed by atoms with Crippen molar-refractivity contribution in [2.75, 3.05) is 10.6 Å². The fraction of sp³-hybridized carbons (Fsp3) is 0.261. The van der Waals surface area contributed by atoms with Crippen LogP contribution in [0.2, 0.25) is 0 Å². The van der Waals surface area contributed by atoms with Crippen molar-refractivity contribution in [1.29, 1.82) is 0 Å². The number of amides is 1. The minimum Gasteiger partial charge on any atom is -0.365 e. The summed E-state index contributed by atoms with van der Waals surface area (Å²) in [5.74, 6) is -1.80. The summed E-state index contributed by atoms with van der Waals surface area (Å²) in [6, 6.07) is 8.66. The molecule has 1 aliphatic rings. The lowest BCUT2D eigenvalue weighted by Gasteiger charge is -2.30. The van der Waals surface area contributed by atoms with Crippen molar-refractivity contribution in [3.8, 4) is 11.1 Å². The van der Waals surface area contributed by atoms with Crippen molar-refractivity contribution in [3.63, 3.8) is 0 Å². The van der Waals surface area contributed by atoms with E-state index in [2.05, 4.69) is 20.6 Å². The molecule has 1 aliphatic carbocycles. The molecule has 1 amide bonds. The zero-order valence-corrected chi connectivity index (χ0v) is 17.3. The maximum Gasteiger partial charge on any atom is 0.252 e. The van der Waals surface area contributed by atoms with Crippen LogP contribution in [0, 0.1) is 11.6 Å². The van der Waals surface area contributed by atoms with Gasteiger partial charge >= 0.3 is 0 Å². The van der Waals surface area contributed by atoms with E-state index in [1.807, 2.05) is 0 Å². The predicted octanol–water partition coefficient (Wildman–Crippen LogP) is 3.95. The third kappa shape index (κ3) is 4.83. The molecule has 3 aromatic rings. The zero-order chi connectivity index (χ0) is 22.7. The fourth-order valence-corrected chi connectivity index (χ4v) is 3.86.